The van der Waals surface area contributed by atoms with Gasteiger partial charge < -0.3 is 5.32 Å². The standard InChI is InChI=1S/C8H7ClF3N3O/c9-5-1-2-6(15-14-5)13-7(16)3-4-8(10,11)12/h1-2H,3-4H2,(H,13,15,16). The molecular formula is C8H7ClF3N3O. The Bertz CT molecular complexity index is 366. The zero-order valence-electron chi connectivity index (χ0n) is 7.88. The molecule has 0 aliphatic rings. The first-order chi connectivity index (χ1) is 7.37. The minimum atomic E-state index is -4.34. The highest BCUT2D eigenvalue weighted by atomic mass is 35.5. The van der Waals surface area contributed by atoms with E-state index in [9.17, 15) is 18.0 Å². The van der Waals surface area contributed by atoms with Gasteiger partial charge in [-0.1, -0.05) is 11.6 Å². The average Bonchev–Trinajstić information content (AvgIpc) is 2.18. The third kappa shape index (κ3) is 4.92. The van der Waals surface area contributed by atoms with Crippen molar-refractivity contribution >= 4 is 23.3 Å². The summed E-state index contributed by atoms with van der Waals surface area (Å²) in [6, 6.07) is 2.72. The molecule has 16 heavy (non-hydrogen) atoms. The highest BCUT2D eigenvalue weighted by Crippen LogP contribution is 2.21. The molecule has 1 heterocycles. The summed E-state index contributed by atoms with van der Waals surface area (Å²) in [6.07, 6.45) is -6.16. The van der Waals surface area contributed by atoms with Crippen molar-refractivity contribution in [3.8, 4) is 0 Å². The molecule has 4 nitrogen and oxygen atoms in total. The second-order valence-electron chi connectivity index (χ2n) is 2.90. The number of aromatic nitrogens is 2. The predicted octanol–water partition coefficient (Wildman–Crippen LogP) is 2.41. The third-order valence-corrected chi connectivity index (χ3v) is 1.74. The van der Waals surface area contributed by atoms with Crippen molar-refractivity contribution in [3.05, 3.63) is 17.3 Å². The molecule has 0 bridgehead atoms. The van der Waals surface area contributed by atoms with Gasteiger partial charge in [0.1, 0.15) is 0 Å². The van der Waals surface area contributed by atoms with Crippen LogP contribution in [0.5, 0.6) is 0 Å². The number of carbonyl (C=O) groups excluding carboxylic acids is 1. The molecule has 8 heteroatoms. The second-order valence-corrected chi connectivity index (χ2v) is 3.29. The molecule has 0 aliphatic carbocycles. The number of hydrogen-bond acceptors (Lipinski definition) is 3. The van der Waals surface area contributed by atoms with Crippen LogP contribution in [0.15, 0.2) is 12.1 Å². The van der Waals surface area contributed by atoms with E-state index in [0.29, 0.717) is 0 Å². The Labute approximate surface area is 93.8 Å². The van der Waals surface area contributed by atoms with Gasteiger partial charge in [0, 0.05) is 6.42 Å². The summed E-state index contributed by atoms with van der Waals surface area (Å²) in [5, 5.41) is 9.19. The van der Waals surface area contributed by atoms with E-state index in [1.807, 2.05) is 0 Å². The van der Waals surface area contributed by atoms with E-state index >= 15 is 0 Å². The van der Waals surface area contributed by atoms with Crippen molar-refractivity contribution in [3.63, 3.8) is 0 Å². The molecule has 0 aromatic carbocycles. The topological polar surface area (TPSA) is 54.9 Å². The third-order valence-electron chi connectivity index (χ3n) is 1.54. The molecule has 1 rings (SSSR count). The maximum Gasteiger partial charge on any atom is 0.389 e. The Balaban J connectivity index is 2.43. The first kappa shape index (κ1) is 12.7. The minimum absolute atomic E-state index is 0.0663. The van der Waals surface area contributed by atoms with Crippen molar-refractivity contribution in [2.45, 2.75) is 19.0 Å². The number of nitrogens with one attached hydrogen (secondary N) is 1. The van der Waals surface area contributed by atoms with Gasteiger partial charge in [0.2, 0.25) is 5.91 Å². The van der Waals surface area contributed by atoms with E-state index in [4.69, 9.17) is 11.6 Å². The number of anilines is 1. The van der Waals surface area contributed by atoms with Gasteiger partial charge in [-0.2, -0.15) is 13.2 Å². The first-order valence-electron chi connectivity index (χ1n) is 4.23. The Hall–Kier alpha value is -1.37. The van der Waals surface area contributed by atoms with Gasteiger partial charge in [0.15, 0.2) is 11.0 Å². The van der Waals surface area contributed by atoms with Gasteiger partial charge in [-0.05, 0) is 12.1 Å². The van der Waals surface area contributed by atoms with Crippen LogP contribution in [0.3, 0.4) is 0 Å². The second kappa shape index (κ2) is 5.11. The Morgan fingerprint density at radius 3 is 2.56 bits per heavy atom. The normalized spacial score (nSPS) is 11.2. The van der Waals surface area contributed by atoms with Crippen molar-refractivity contribution in [2.24, 2.45) is 0 Å². The lowest BCUT2D eigenvalue weighted by molar-refractivity contribution is -0.142. The number of halogens is 4. The van der Waals surface area contributed by atoms with Gasteiger partial charge in [0.25, 0.3) is 0 Å². The Morgan fingerprint density at radius 2 is 2.06 bits per heavy atom. The van der Waals surface area contributed by atoms with Crippen LogP contribution in [0.25, 0.3) is 0 Å². The summed E-state index contributed by atoms with van der Waals surface area (Å²) in [5.41, 5.74) is 0. The SMILES string of the molecule is O=C(CCC(F)(F)F)Nc1ccc(Cl)nn1. The van der Waals surface area contributed by atoms with E-state index < -0.39 is 24.9 Å². The summed E-state index contributed by atoms with van der Waals surface area (Å²) >= 11 is 5.43. The summed E-state index contributed by atoms with van der Waals surface area (Å²) in [4.78, 5) is 11.0. The van der Waals surface area contributed by atoms with Crippen molar-refractivity contribution < 1.29 is 18.0 Å². The van der Waals surface area contributed by atoms with Gasteiger partial charge in [-0.25, -0.2) is 0 Å². The van der Waals surface area contributed by atoms with Gasteiger partial charge in [-0.3, -0.25) is 4.79 Å². The van der Waals surface area contributed by atoms with Crippen LogP contribution < -0.4 is 5.32 Å². The van der Waals surface area contributed by atoms with Crippen LogP contribution in [-0.2, 0) is 4.79 Å². The van der Waals surface area contributed by atoms with E-state index in [1.54, 1.807) is 0 Å². The first-order valence-corrected chi connectivity index (χ1v) is 4.60. The molecule has 88 valence electrons. The van der Waals surface area contributed by atoms with Crippen LogP contribution in [0.2, 0.25) is 5.15 Å². The van der Waals surface area contributed by atoms with Crippen molar-refractivity contribution in [1.29, 1.82) is 0 Å². The fourth-order valence-electron chi connectivity index (χ4n) is 0.843. The highest BCUT2D eigenvalue weighted by molar-refractivity contribution is 6.29. The average molecular weight is 254 g/mol. The highest BCUT2D eigenvalue weighted by Gasteiger charge is 2.27. The number of alkyl halides is 3. The predicted molar refractivity (Wildman–Crippen MR) is 51.0 cm³/mol. The smallest absolute Gasteiger partial charge is 0.309 e. The van der Waals surface area contributed by atoms with Gasteiger partial charge in [0.05, 0.1) is 6.42 Å². The number of rotatable bonds is 3. The molecule has 0 saturated heterocycles. The van der Waals surface area contributed by atoms with Crippen molar-refractivity contribution in [2.75, 3.05) is 5.32 Å². The van der Waals surface area contributed by atoms with Crippen molar-refractivity contribution in [1.82, 2.24) is 10.2 Å². The molecule has 0 fully saturated rings. The van der Waals surface area contributed by atoms with Crippen LogP contribution in [-0.4, -0.2) is 22.3 Å². The zero-order chi connectivity index (χ0) is 12.2. The molecule has 1 aromatic heterocycles. The lowest BCUT2D eigenvalue weighted by atomic mass is 10.3. The van der Waals surface area contributed by atoms with Crippen LogP contribution in [0, 0.1) is 0 Å². The molecule has 1 aromatic rings. The largest absolute Gasteiger partial charge is 0.389 e. The van der Waals surface area contributed by atoms with Gasteiger partial charge >= 0.3 is 6.18 Å². The van der Waals surface area contributed by atoms with Crippen LogP contribution >= 0.6 is 11.6 Å². The van der Waals surface area contributed by atoms with E-state index in [2.05, 4.69) is 15.5 Å². The minimum Gasteiger partial charge on any atom is -0.309 e. The molecular weight excluding hydrogens is 247 g/mol. The van der Waals surface area contributed by atoms with Crippen LogP contribution in [0.4, 0.5) is 19.0 Å². The zero-order valence-corrected chi connectivity index (χ0v) is 8.64. The molecule has 1 N–H and O–H groups in total. The van der Waals surface area contributed by atoms with Gasteiger partial charge in [-0.15, -0.1) is 10.2 Å². The molecule has 1 amide bonds. The number of hydrogen-bond donors (Lipinski definition) is 1. The number of carbonyl (C=O) groups is 1. The summed E-state index contributed by atoms with van der Waals surface area (Å²) in [7, 11) is 0. The summed E-state index contributed by atoms with van der Waals surface area (Å²) < 4.78 is 35.3. The number of nitrogens with zero attached hydrogens (tertiary/aromatic N) is 2. The van der Waals surface area contributed by atoms with E-state index in [1.165, 1.54) is 12.1 Å². The molecule has 0 atom stereocenters. The lowest BCUT2D eigenvalue weighted by Gasteiger charge is -2.06. The Morgan fingerprint density at radius 1 is 1.38 bits per heavy atom. The maximum absolute atomic E-state index is 11.8. The quantitative estimate of drug-likeness (QED) is 0.900. The summed E-state index contributed by atoms with van der Waals surface area (Å²) in [5.74, 6) is -0.703. The molecule has 0 aliphatic heterocycles. The van der Waals surface area contributed by atoms with E-state index in [-0.39, 0.29) is 11.0 Å². The molecule has 0 saturated carbocycles. The fraction of sp³-hybridized carbons (Fsp3) is 0.375. The Kier molecular flexibility index (Phi) is 4.05. The molecule has 0 unspecified atom stereocenters. The monoisotopic (exact) mass is 253 g/mol. The lowest BCUT2D eigenvalue weighted by Crippen LogP contribution is -2.17. The summed E-state index contributed by atoms with van der Waals surface area (Å²) in [6.45, 7) is 0. The molecule has 0 radical (unpaired) electrons. The van der Waals surface area contributed by atoms with Crippen LogP contribution in [0.1, 0.15) is 12.8 Å². The maximum atomic E-state index is 11.8. The fourth-order valence-corrected chi connectivity index (χ4v) is 0.944. The number of amides is 1. The van der Waals surface area contributed by atoms with E-state index in [0.717, 1.165) is 0 Å². The molecule has 0 spiro atoms.